The second-order valence-electron chi connectivity index (χ2n) is 7.32. The van der Waals surface area contributed by atoms with Crippen LogP contribution in [0.15, 0.2) is 63.5 Å². The SMILES string of the molecule is CCOC(=O)C1=C(C)N=c2sc(=Cc3ccc(Cl)cc3Cl)c(=O)n2[C@H]1c1cccc([N+](=O)[O-])c1. The van der Waals surface area contributed by atoms with Crippen molar-refractivity contribution in [3.8, 4) is 0 Å². The summed E-state index contributed by atoms with van der Waals surface area (Å²) < 4.78 is 6.91. The van der Waals surface area contributed by atoms with Crippen LogP contribution >= 0.6 is 34.5 Å². The lowest BCUT2D eigenvalue weighted by Crippen LogP contribution is -2.40. The van der Waals surface area contributed by atoms with Gasteiger partial charge in [0, 0.05) is 22.2 Å². The number of carbonyl (C=O) groups is 1. The highest BCUT2D eigenvalue weighted by atomic mass is 35.5. The van der Waals surface area contributed by atoms with Crippen molar-refractivity contribution in [1.29, 1.82) is 0 Å². The molecule has 0 saturated carbocycles. The normalized spacial score (nSPS) is 15.6. The molecule has 0 radical (unpaired) electrons. The van der Waals surface area contributed by atoms with E-state index in [9.17, 15) is 19.7 Å². The van der Waals surface area contributed by atoms with Crippen LogP contribution in [0.5, 0.6) is 0 Å². The van der Waals surface area contributed by atoms with Gasteiger partial charge in [-0.25, -0.2) is 9.79 Å². The van der Waals surface area contributed by atoms with Crippen LogP contribution in [-0.2, 0) is 9.53 Å². The van der Waals surface area contributed by atoms with Gasteiger partial charge in [-0.15, -0.1) is 0 Å². The Morgan fingerprint density at radius 1 is 1.29 bits per heavy atom. The van der Waals surface area contributed by atoms with Crippen molar-refractivity contribution in [2.75, 3.05) is 6.61 Å². The lowest BCUT2D eigenvalue weighted by atomic mass is 9.95. The molecule has 1 aromatic heterocycles. The summed E-state index contributed by atoms with van der Waals surface area (Å²) in [6.45, 7) is 3.43. The van der Waals surface area contributed by atoms with Crippen LogP contribution in [-0.4, -0.2) is 22.1 Å². The third kappa shape index (κ3) is 4.42. The number of non-ortho nitro benzene ring substituents is 1. The monoisotopic (exact) mass is 517 g/mol. The van der Waals surface area contributed by atoms with Crippen molar-refractivity contribution < 1.29 is 14.5 Å². The van der Waals surface area contributed by atoms with Gasteiger partial charge in [0.1, 0.15) is 0 Å². The molecule has 0 N–H and O–H groups in total. The number of carbonyl (C=O) groups excluding carboxylic acids is 1. The fourth-order valence-electron chi connectivity index (χ4n) is 3.68. The van der Waals surface area contributed by atoms with E-state index in [2.05, 4.69) is 4.99 Å². The topological polar surface area (TPSA) is 104 Å². The van der Waals surface area contributed by atoms with E-state index < -0.39 is 22.5 Å². The first-order chi connectivity index (χ1) is 16.2. The first-order valence-electron chi connectivity index (χ1n) is 10.1. The Labute approximate surface area is 207 Å². The number of hydrogen-bond donors (Lipinski definition) is 0. The van der Waals surface area contributed by atoms with E-state index in [1.807, 2.05) is 0 Å². The minimum Gasteiger partial charge on any atom is -0.463 e. The molecule has 174 valence electrons. The molecule has 0 amide bonds. The molecule has 8 nitrogen and oxygen atoms in total. The lowest BCUT2D eigenvalue weighted by molar-refractivity contribution is -0.384. The first-order valence-corrected chi connectivity index (χ1v) is 11.7. The highest BCUT2D eigenvalue weighted by Gasteiger charge is 2.34. The minimum absolute atomic E-state index is 0.122. The maximum Gasteiger partial charge on any atom is 0.338 e. The molecule has 0 aliphatic carbocycles. The van der Waals surface area contributed by atoms with Gasteiger partial charge in [0.15, 0.2) is 4.80 Å². The summed E-state index contributed by atoms with van der Waals surface area (Å²) in [5.41, 5.74) is 0.914. The van der Waals surface area contributed by atoms with Gasteiger partial charge < -0.3 is 4.74 Å². The molecule has 2 heterocycles. The van der Waals surface area contributed by atoms with Crippen LogP contribution in [0.4, 0.5) is 5.69 Å². The van der Waals surface area contributed by atoms with E-state index in [0.29, 0.717) is 36.2 Å². The third-order valence-corrected chi connectivity index (χ3v) is 6.71. The maximum absolute atomic E-state index is 13.5. The molecule has 1 atom stereocenters. The number of esters is 1. The molecule has 0 saturated heterocycles. The molecule has 11 heteroatoms. The van der Waals surface area contributed by atoms with Gasteiger partial charge in [-0.2, -0.15) is 0 Å². The molecule has 0 bridgehead atoms. The van der Waals surface area contributed by atoms with E-state index in [0.717, 1.165) is 11.3 Å². The van der Waals surface area contributed by atoms with E-state index in [1.165, 1.54) is 22.8 Å². The van der Waals surface area contributed by atoms with Crippen molar-refractivity contribution in [2.45, 2.75) is 19.9 Å². The van der Waals surface area contributed by atoms with Crippen molar-refractivity contribution >= 4 is 52.3 Å². The predicted octanol–water partition coefficient (Wildman–Crippen LogP) is 4.01. The number of nitro groups is 1. The van der Waals surface area contributed by atoms with Gasteiger partial charge in [0.25, 0.3) is 11.2 Å². The molecule has 1 aliphatic rings. The number of thiazole rings is 1. The molecule has 34 heavy (non-hydrogen) atoms. The summed E-state index contributed by atoms with van der Waals surface area (Å²) in [5.74, 6) is -0.643. The average molecular weight is 518 g/mol. The summed E-state index contributed by atoms with van der Waals surface area (Å²) in [4.78, 5) is 42.1. The molecule has 0 spiro atoms. The van der Waals surface area contributed by atoms with Crippen molar-refractivity contribution in [3.63, 3.8) is 0 Å². The van der Waals surface area contributed by atoms with E-state index in [1.54, 1.807) is 44.2 Å². The first kappa shape index (κ1) is 23.9. The molecule has 1 aliphatic heterocycles. The summed E-state index contributed by atoms with van der Waals surface area (Å²) in [6, 6.07) is 9.80. The number of allylic oxidation sites excluding steroid dienone is 1. The van der Waals surface area contributed by atoms with E-state index in [-0.39, 0.29) is 17.9 Å². The maximum atomic E-state index is 13.5. The van der Waals surface area contributed by atoms with Gasteiger partial charge >= 0.3 is 5.97 Å². The highest BCUT2D eigenvalue weighted by Crippen LogP contribution is 2.32. The second-order valence-corrected chi connectivity index (χ2v) is 9.17. The number of nitrogens with zero attached hydrogens (tertiary/aromatic N) is 3. The third-order valence-electron chi connectivity index (χ3n) is 5.16. The molecule has 3 aromatic rings. The Kier molecular flexibility index (Phi) is 6.70. The Hall–Kier alpha value is -3.27. The Balaban J connectivity index is 1.98. The summed E-state index contributed by atoms with van der Waals surface area (Å²) in [7, 11) is 0. The van der Waals surface area contributed by atoms with Crippen LogP contribution in [0.2, 0.25) is 10.0 Å². The number of ether oxygens (including phenoxy) is 1. The lowest BCUT2D eigenvalue weighted by Gasteiger charge is -2.24. The Morgan fingerprint density at radius 2 is 2.06 bits per heavy atom. The van der Waals surface area contributed by atoms with E-state index in [4.69, 9.17) is 27.9 Å². The number of halogens is 2. The smallest absolute Gasteiger partial charge is 0.338 e. The average Bonchev–Trinajstić information content (AvgIpc) is 3.09. The standard InChI is InChI=1S/C23H17Cl2N3O5S/c1-3-33-22(30)19-12(2)26-23-27(20(19)14-5-4-6-16(9-14)28(31)32)21(29)18(34-23)10-13-7-8-15(24)11-17(13)25/h4-11,20H,3H2,1-2H3/t20-/m0/s1. The summed E-state index contributed by atoms with van der Waals surface area (Å²) in [5, 5.41) is 12.2. The predicted molar refractivity (Wildman–Crippen MR) is 130 cm³/mol. The van der Waals surface area contributed by atoms with Gasteiger partial charge in [0.2, 0.25) is 0 Å². The van der Waals surface area contributed by atoms with Crippen LogP contribution in [0.25, 0.3) is 6.08 Å². The fourth-order valence-corrected chi connectivity index (χ4v) is 5.18. The van der Waals surface area contributed by atoms with Gasteiger partial charge in [-0.1, -0.05) is 52.7 Å². The number of fused-ring (bicyclic) bond motifs is 1. The Bertz CT molecular complexity index is 1540. The number of hydrogen-bond acceptors (Lipinski definition) is 7. The van der Waals surface area contributed by atoms with Gasteiger partial charge in [-0.3, -0.25) is 19.5 Å². The number of nitro benzene ring substituents is 1. The molecular formula is C23H17Cl2N3O5S. The van der Waals surface area contributed by atoms with Crippen LogP contribution in [0, 0.1) is 10.1 Å². The van der Waals surface area contributed by atoms with Crippen LogP contribution in [0.1, 0.15) is 31.0 Å². The number of benzene rings is 2. The molecule has 0 fully saturated rings. The van der Waals surface area contributed by atoms with Crippen LogP contribution < -0.4 is 14.9 Å². The summed E-state index contributed by atoms with van der Waals surface area (Å²) in [6.07, 6.45) is 1.62. The number of aromatic nitrogens is 1. The quantitative estimate of drug-likeness (QED) is 0.289. The Morgan fingerprint density at radius 3 is 2.74 bits per heavy atom. The highest BCUT2D eigenvalue weighted by molar-refractivity contribution is 7.07. The van der Waals surface area contributed by atoms with Gasteiger partial charge in [0.05, 0.1) is 33.4 Å². The molecule has 2 aromatic carbocycles. The van der Waals surface area contributed by atoms with Crippen molar-refractivity contribution in [2.24, 2.45) is 4.99 Å². The van der Waals surface area contributed by atoms with Gasteiger partial charge in [-0.05, 0) is 43.2 Å². The molecule has 4 rings (SSSR count). The minimum atomic E-state index is -0.946. The summed E-state index contributed by atoms with van der Waals surface area (Å²) >= 11 is 13.4. The zero-order valence-electron chi connectivity index (χ0n) is 18.0. The zero-order chi connectivity index (χ0) is 24.6. The van der Waals surface area contributed by atoms with Crippen molar-refractivity contribution in [1.82, 2.24) is 4.57 Å². The zero-order valence-corrected chi connectivity index (χ0v) is 20.3. The second kappa shape index (κ2) is 9.54. The van der Waals surface area contributed by atoms with E-state index >= 15 is 0 Å². The largest absolute Gasteiger partial charge is 0.463 e. The number of rotatable bonds is 5. The van der Waals surface area contributed by atoms with Crippen LogP contribution in [0.3, 0.4) is 0 Å². The molecular weight excluding hydrogens is 501 g/mol. The van der Waals surface area contributed by atoms with Crippen molar-refractivity contribution in [3.05, 3.63) is 105 Å². The molecule has 0 unspecified atom stereocenters. The fraction of sp³-hybridized carbons (Fsp3) is 0.174.